The van der Waals surface area contributed by atoms with Crippen molar-refractivity contribution in [3.05, 3.63) is 101 Å². The maximum atomic E-state index is 4.98. The molecule has 2 unspecified atom stereocenters. The Kier molecular flexibility index (Phi) is 9.13. The van der Waals surface area contributed by atoms with Crippen molar-refractivity contribution in [1.82, 2.24) is 5.32 Å². The maximum absolute atomic E-state index is 4.98. The Morgan fingerprint density at radius 1 is 0.865 bits per heavy atom. The van der Waals surface area contributed by atoms with E-state index in [9.17, 15) is 0 Å². The van der Waals surface area contributed by atoms with Gasteiger partial charge in [-0.25, -0.2) is 0 Å². The molecule has 0 radical (unpaired) electrons. The number of allylic oxidation sites excluding steroid dienone is 1. The molecule has 0 spiro atoms. The minimum Gasteiger partial charge on any atom is -0.284 e. The minimum absolute atomic E-state index is 0.620. The second-order valence-corrected chi connectivity index (χ2v) is 9.98. The lowest BCUT2D eigenvalue weighted by Gasteiger charge is -2.33. The summed E-state index contributed by atoms with van der Waals surface area (Å²) in [6, 6.07) is 22.5. The quantitative estimate of drug-likeness (QED) is 0.210. The van der Waals surface area contributed by atoms with E-state index in [2.05, 4.69) is 65.8 Å². The molecule has 3 aromatic carbocycles. The summed E-state index contributed by atoms with van der Waals surface area (Å²) in [7, 11) is 0. The average Bonchev–Trinajstić information content (AvgIpc) is 2.92. The Morgan fingerprint density at radius 3 is 2.43 bits per heavy atom. The molecule has 1 N–H and O–H groups in total. The lowest BCUT2D eigenvalue weighted by atomic mass is 9.87. The van der Waals surface area contributed by atoms with E-state index in [0.29, 0.717) is 5.92 Å². The second-order valence-electron chi connectivity index (χ2n) is 9.98. The molecule has 2 atom stereocenters. The van der Waals surface area contributed by atoms with Crippen molar-refractivity contribution in [2.75, 3.05) is 6.54 Å². The number of azo groups is 2. The fraction of sp³-hybridized carbons (Fsp3) is 0.375. The summed E-state index contributed by atoms with van der Waals surface area (Å²) in [6.45, 7) is 9.53. The third-order valence-corrected chi connectivity index (χ3v) is 7.21. The van der Waals surface area contributed by atoms with Crippen molar-refractivity contribution < 1.29 is 0 Å². The van der Waals surface area contributed by atoms with Gasteiger partial charge in [-0.1, -0.05) is 81.7 Å². The Morgan fingerprint density at radius 2 is 1.65 bits per heavy atom. The lowest BCUT2D eigenvalue weighted by molar-refractivity contribution is 0.338. The smallest absolute Gasteiger partial charge is 0.176 e. The monoisotopic (exact) mass is 493 g/mol. The van der Waals surface area contributed by atoms with Gasteiger partial charge in [0.15, 0.2) is 5.66 Å². The summed E-state index contributed by atoms with van der Waals surface area (Å²) in [6.07, 6.45) is 10.2. The molecule has 0 heterocycles. The lowest BCUT2D eigenvalue weighted by Crippen LogP contribution is -2.43. The largest absolute Gasteiger partial charge is 0.284 e. The Labute approximate surface area is 221 Å². The molecule has 3 aromatic rings. The zero-order chi connectivity index (χ0) is 26.1. The van der Waals surface area contributed by atoms with Gasteiger partial charge in [-0.15, -0.1) is 0 Å². The molecular formula is C32H39N5. The summed E-state index contributed by atoms with van der Waals surface area (Å²) >= 11 is 0. The molecule has 0 saturated carbocycles. The van der Waals surface area contributed by atoms with Gasteiger partial charge in [0, 0.05) is 12.1 Å². The highest BCUT2D eigenvalue weighted by atomic mass is 15.3. The highest BCUT2D eigenvalue weighted by Crippen LogP contribution is 2.35. The first kappa shape index (κ1) is 26.6. The van der Waals surface area contributed by atoms with Gasteiger partial charge in [0.2, 0.25) is 0 Å². The molecule has 4 rings (SSSR count). The van der Waals surface area contributed by atoms with Gasteiger partial charge in [-0.2, -0.15) is 20.5 Å². The van der Waals surface area contributed by atoms with Crippen LogP contribution in [0.15, 0.2) is 99.3 Å². The van der Waals surface area contributed by atoms with E-state index in [1.807, 2.05) is 56.3 Å². The molecule has 0 bridgehead atoms. The predicted octanol–water partition coefficient (Wildman–Crippen LogP) is 9.57. The van der Waals surface area contributed by atoms with Crippen LogP contribution in [0.3, 0.4) is 0 Å². The van der Waals surface area contributed by atoms with E-state index < -0.39 is 5.66 Å². The van der Waals surface area contributed by atoms with E-state index in [-0.39, 0.29) is 0 Å². The molecule has 0 saturated heterocycles. The molecule has 0 amide bonds. The van der Waals surface area contributed by atoms with Crippen LogP contribution in [-0.4, -0.2) is 6.54 Å². The molecule has 192 valence electrons. The number of aryl methyl sites for hydroxylation is 2. The van der Waals surface area contributed by atoms with Gasteiger partial charge in [-0.3, -0.25) is 5.32 Å². The SMILES string of the molecule is CCCCC(CC)CNC1(N=Nc2ccc(N=Nc3ccccc3C)cc2C)C=CCc2ccccc21. The number of unbranched alkanes of at least 4 members (excludes halogenated alkanes) is 1. The molecule has 5 nitrogen and oxygen atoms in total. The first-order valence-electron chi connectivity index (χ1n) is 13.6. The van der Waals surface area contributed by atoms with Crippen LogP contribution in [0.4, 0.5) is 17.1 Å². The number of nitrogens with one attached hydrogen (secondary N) is 1. The average molecular weight is 494 g/mol. The van der Waals surface area contributed by atoms with Crippen molar-refractivity contribution in [1.29, 1.82) is 0 Å². The fourth-order valence-electron chi connectivity index (χ4n) is 4.77. The number of benzene rings is 3. The molecule has 0 aromatic heterocycles. The summed E-state index contributed by atoms with van der Waals surface area (Å²) < 4.78 is 0. The van der Waals surface area contributed by atoms with Crippen molar-refractivity contribution in [3.8, 4) is 0 Å². The molecular weight excluding hydrogens is 454 g/mol. The molecule has 5 heteroatoms. The first-order valence-corrected chi connectivity index (χ1v) is 13.6. The summed E-state index contributed by atoms with van der Waals surface area (Å²) in [5.41, 5.74) is 6.46. The second kappa shape index (κ2) is 12.7. The number of hydrogen-bond donors (Lipinski definition) is 1. The minimum atomic E-state index is -0.663. The normalized spacial score (nSPS) is 17.9. The molecule has 0 fully saturated rings. The van der Waals surface area contributed by atoms with Gasteiger partial charge in [-0.05, 0) is 79.6 Å². The topological polar surface area (TPSA) is 61.5 Å². The van der Waals surface area contributed by atoms with Crippen molar-refractivity contribution >= 4 is 17.1 Å². The molecule has 0 aliphatic heterocycles. The standard InChI is InChI=1S/C32H39N5/c1-5-7-14-26(6-2)23-33-32(21-12-16-27-15-9-10-17-29(27)32)37-36-31-20-19-28(22-25(31)4)34-35-30-18-11-8-13-24(30)3/h8-13,15,17-22,26,33H,5-7,14,16,23H2,1-4H3. The van der Waals surface area contributed by atoms with Gasteiger partial charge < -0.3 is 0 Å². The summed E-state index contributed by atoms with van der Waals surface area (Å²) in [4.78, 5) is 0. The van der Waals surface area contributed by atoms with E-state index in [1.54, 1.807) is 0 Å². The zero-order valence-electron chi connectivity index (χ0n) is 22.6. The van der Waals surface area contributed by atoms with Crippen LogP contribution in [0.1, 0.15) is 61.8 Å². The predicted molar refractivity (Wildman–Crippen MR) is 153 cm³/mol. The molecule has 1 aliphatic carbocycles. The van der Waals surface area contributed by atoms with E-state index in [4.69, 9.17) is 10.2 Å². The van der Waals surface area contributed by atoms with Gasteiger partial charge in [0.25, 0.3) is 0 Å². The van der Waals surface area contributed by atoms with Crippen LogP contribution >= 0.6 is 0 Å². The number of hydrogen-bond acceptors (Lipinski definition) is 5. The van der Waals surface area contributed by atoms with Crippen molar-refractivity contribution in [2.45, 2.75) is 65.5 Å². The Hall–Kier alpha value is -3.44. The number of fused-ring (bicyclic) bond motifs is 1. The van der Waals surface area contributed by atoms with Crippen LogP contribution in [0.2, 0.25) is 0 Å². The van der Waals surface area contributed by atoms with E-state index in [0.717, 1.165) is 47.6 Å². The Bertz CT molecular complexity index is 1280. The molecule has 37 heavy (non-hydrogen) atoms. The Balaban J connectivity index is 1.59. The van der Waals surface area contributed by atoms with Gasteiger partial charge in [0.1, 0.15) is 0 Å². The van der Waals surface area contributed by atoms with Crippen LogP contribution in [0.25, 0.3) is 0 Å². The molecule has 1 aliphatic rings. The van der Waals surface area contributed by atoms with Crippen LogP contribution in [0, 0.1) is 19.8 Å². The van der Waals surface area contributed by atoms with Crippen LogP contribution < -0.4 is 5.32 Å². The number of nitrogens with zero attached hydrogens (tertiary/aromatic N) is 4. The first-order chi connectivity index (χ1) is 18.0. The maximum Gasteiger partial charge on any atom is 0.176 e. The highest BCUT2D eigenvalue weighted by Gasteiger charge is 2.33. The van der Waals surface area contributed by atoms with E-state index >= 15 is 0 Å². The third-order valence-electron chi connectivity index (χ3n) is 7.21. The van der Waals surface area contributed by atoms with Gasteiger partial charge >= 0.3 is 0 Å². The summed E-state index contributed by atoms with van der Waals surface area (Å²) in [5.74, 6) is 0.620. The van der Waals surface area contributed by atoms with E-state index in [1.165, 1.54) is 30.4 Å². The summed E-state index contributed by atoms with van der Waals surface area (Å²) in [5, 5.41) is 22.4. The fourth-order valence-corrected chi connectivity index (χ4v) is 4.77. The van der Waals surface area contributed by atoms with Crippen molar-refractivity contribution in [2.24, 2.45) is 26.4 Å². The zero-order valence-corrected chi connectivity index (χ0v) is 22.6. The van der Waals surface area contributed by atoms with Gasteiger partial charge in [0.05, 0.1) is 17.1 Å². The third kappa shape index (κ3) is 6.66. The number of rotatable bonds is 11. The van der Waals surface area contributed by atoms with Crippen LogP contribution in [0.5, 0.6) is 0 Å². The highest BCUT2D eigenvalue weighted by molar-refractivity contribution is 5.54. The van der Waals surface area contributed by atoms with Crippen LogP contribution in [-0.2, 0) is 12.1 Å². The van der Waals surface area contributed by atoms with Crippen molar-refractivity contribution in [3.63, 3.8) is 0 Å².